The number of thiazole rings is 1. The number of anilines is 2. The lowest BCUT2D eigenvalue weighted by atomic mass is 10.1. The molecular weight excluding hydrogens is 438 g/mol. The fraction of sp³-hybridized carbons (Fsp3) is 0.333. The zero-order valence-electron chi connectivity index (χ0n) is 19.4. The fourth-order valence-corrected chi connectivity index (χ4v) is 3.86. The standard InChI is InChI=1S/C24H27N5O3S/c1-6-26-22(30)17(15-25)13-21-29(7-2)24(32)20(33-21)11-12-27-18-9-8-10-19(14-18)28(5)23(31)16(3)4/h8-10,12,14,16,27H,6-7H2,1-5H3,(H,26,30). The summed E-state index contributed by atoms with van der Waals surface area (Å²) in [6, 6.07) is 9.15. The van der Waals surface area contributed by atoms with Gasteiger partial charge in [0.05, 0.1) is 0 Å². The highest BCUT2D eigenvalue weighted by molar-refractivity contribution is 7.07. The first-order chi connectivity index (χ1) is 15.7. The minimum Gasteiger partial charge on any atom is -0.355 e. The van der Waals surface area contributed by atoms with Gasteiger partial charge in [-0.15, -0.1) is 0 Å². The molecule has 0 aliphatic heterocycles. The molecule has 0 aliphatic carbocycles. The Kier molecular flexibility index (Phi) is 9.02. The van der Waals surface area contributed by atoms with Crippen LogP contribution in [0.2, 0.25) is 0 Å². The number of rotatable bonds is 7. The molecular formula is C24H27N5O3S. The Balaban J connectivity index is 2.47. The van der Waals surface area contributed by atoms with Crippen molar-refractivity contribution in [2.24, 2.45) is 5.92 Å². The van der Waals surface area contributed by atoms with Crippen molar-refractivity contribution in [3.63, 3.8) is 0 Å². The molecule has 0 radical (unpaired) electrons. The van der Waals surface area contributed by atoms with Crippen molar-refractivity contribution in [1.29, 1.82) is 5.26 Å². The summed E-state index contributed by atoms with van der Waals surface area (Å²) in [7, 11) is 1.73. The normalized spacial score (nSPS) is 9.97. The number of aromatic nitrogens is 1. The SMILES string of the molecule is CCNC(=O)C(=C=c1sc(=C=CNc2cccc(N(C)C(=O)C(C)C)c2)c(=O)n1CC)C#N. The Morgan fingerprint density at radius 1 is 1.30 bits per heavy atom. The number of hydrogen-bond donors (Lipinski definition) is 2. The number of hydrogen-bond acceptors (Lipinski definition) is 6. The maximum Gasteiger partial charge on any atom is 0.277 e. The topological polar surface area (TPSA) is 107 Å². The van der Waals surface area contributed by atoms with Crippen molar-refractivity contribution in [3.8, 4) is 6.07 Å². The van der Waals surface area contributed by atoms with Crippen molar-refractivity contribution in [2.75, 3.05) is 23.8 Å². The van der Waals surface area contributed by atoms with Crippen molar-refractivity contribution in [3.05, 3.63) is 55.6 Å². The van der Waals surface area contributed by atoms with Crippen LogP contribution in [-0.4, -0.2) is 30.0 Å². The number of nitrogens with one attached hydrogen (secondary N) is 2. The number of nitriles is 1. The van der Waals surface area contributed by atoms with Crippen LogP contribution in [0.4, 0.5) is 11.4 Å². The molecule has 0 unspecified atom stereocenters. The third-order valence-corrected chi connectivity index (χ3v) is 5.62. The largest absolute Gasteiger partial charge is 0.355 e. The Hall–Kier alpha value is -3.82. The van der Waals surface area contributed by atoms with Crippen LogP contribution in [-0.2, 0) is 16.1 Å². The zero-order valence-corrected chi connectivity index (χ0v) is 20.2. The predicted octanol–water partition coefficient (Wildman–Crippen LogP) is 1.52. The summed E-state index contributed by atoms with van der Waals surface area (Å²) in [5.41, 5.74) is 6.68. The molecule has 1 aromatic carbocycles. The molecule has 0 atom stereocenters. The molecule has 0 fully saturated rings. The van der Waals surface area contributed by atoms with Crippen molar-refractivity contribution < 1.29 is 9.59 Å². The Morgan fingerprint density at radius 2 is 2.03 bits per heavy atom. The molecule has 0 spiro atoms. The lowest BCUT2D eigenvalue weighted by molar-refractivity contribution is -0.121. The fourth-order valence-electron chi connectivity index (χ4n) is 2.88. The number of likely N-dealkylation sites (N-methyl/N-ethyl adjacent to an activating group) is 1. The number of nitrogens with zero attached hydrogens (tertiary/aromatic N) is 3. The van der Waals surface area contributed by atoms with Crippen LogP contribution in [0.5, 0.6) is 0 Å². The van der Waals surface area contributed by atoms with Gasteiger partial charge in [-0.05, 0) is 32.0 Å². The summed E-state index contributed by atoms with van der Waals surface area (Å²) in [6.45, 7) is 7.98. The van der Waals surface area contributed by atoms with Gasteiger partial charge >= 0.3 is 0 Å². The quantitative estimate of drug-likeness (QED) is 0.476. The van der Waals surface area contributed by atoms with Gasteiger partial charge in [0.15, 0.2) is 5.57 Å². The number of benzene rings is 1. The van der Waals surface area contributed by atoms with Crippen LogP contribution in [0.15, 0.2) is 40.8 Å². The number of carbonyl (C=O) groups is 2. The molecule has 0 aliphatic rings. The van der Waals surface area contributed by atoms with E-state index in [1.807, 2.05) is 44.2 Å². The summed E-state index contributed by atoms with van der Waals surface area (Å²) >= 11 is 1.09. The number of amides is 2. The van der Waals surface area contributed by atoms with Crippen LogP contribution in [0.3, 0.4) is 0 Å². The van der Waals surface area contributed by atoms with E-state index in [4.69, 9.17) is 0 Å². The monoisotopic (exact) mass is 465 g/mol. The predicted molar refractivity (Wildman–Crippen MR) is 131 cm³/mol. The van der Waals surface area contributed by atoms with Gasteiger partial charge in [0.25, 0.3) is 11.5 Å². The van der Waals surface area contributed by atoms with E-state index in [0.717, 1.165) is 22.7 Å². The Morgan fingerprint density at radius 3 is 2.64 bits per heavy atom. The number of carbonyl (C=O) groups excluding carboxylic acids is 2. The first-order valence-electron chi connectivity index (χ1n) is 10.5. The first-order valence-corrected chi connectivity index (χ1v) is 11.3. The second-order valence-corrected chi connectivity index (χ2v) is 8.29. The van der Waals surface area contributed by atoms with Gasteiger partial charge < -0.3 is 15.5 Å². The van der Waals surface area contributed by atoms with E-state index in [9.17, 15) is 19.6 Å². The van der Waals surface area contributed by atoms with Gasteiger partial charge in [-0.3, -0.25) is 19.0 Å². The van der Waals surface area contributed by atoms with Gasteiger partial charge in [0.1, 0.15) is 15.3 Å². The molecule has 1 aromatic heterocycles. The molecule has 172 valence electrons. The Bertz CT molecular complexity index is 1330. The second-order valence-electron chi connectivity index (χ2n) is 7.29. The van der Waals surface area contributed by atoms with Gasteiger partial charge in [-0.1, -0.05) is 42.7 Å². The van der Waals surface area contributed by atoms with Crippen LogP contribution >= 0.6 is 11.3 Å². The molecule has 0 saturated heterocycles. The van der Waals surface area contributed by atoms with Crippen molar-refractivity contribution in [1.82, 2.24) is 9.88 Å². The van der Waals surface area contributed by atoms with E-state index in [1.165, 1.54) is 10.8 Å². The summed E-state index contributed by atoms with van der Waals surface area (Å²) in [5.74, 6) is -0.643. The average molecular weight is 466 g/mol. The lowest BCUT2D eigenvalue weighted by Gasteiger charge is -2.20. The first kappa shape index (κ1) is 25.4. The van der Waals surface area contributed by atoms with Crippen LogP contribution in [0, 0.1) is 17.2 Å². The van der Waals surface area contributed by atoms with E-state index in [2.05, 4.69) is 22.1 Å². The minimum atomic E-state index is -0.535. The molecule has 2 N–H and O–H groups in total. The third kappa shape index (κ3) is 6.34. The van der Waals surface area contributed by atoms with E-state index < -0.39 is 5.91 Å². The van der Waals surface area contributed by atoms with E-state index in [0.29, 0.717) is 22.3 Å². The molecule has 2 rings (SSSR count). The molecule has 0 saturated carbocycles. The highest BCUT2D eigenvalue weighted by Gasteiger charge is 2.14. The molecule has 2 aromatic rings. The van der Waals surface area contributed by atoms with Crippen LogP contribution < -0.4 is 30.3 Å². The van der Waals surface area contributed by atoms with E-state index in [-0.39, 0.29) is 23.0 Å². The summed E-state index contributed by atoms with van der Waals surface area (Å²) in [5, 5.41) is 14.9. The van der Waals surface area contributed by atoms with Crippen LogP contribution in [0.1, 0.15) is 27.7 Å². The molecule has 8 nitrogen and oxygen atoms in total. The molecule has 33 heavy (non-hydrogen) atoms. The maximum absolute atomic E-state index is 12.7. The van der Waals surface area contributed by atoms with Crippen molar-refractivity contribution in [2.45, 2.75) is 34.2 Å². The van der Waals surface area contributed by atoms with E-state index in [1.54, 1.807) is 25.8 Å². The minimum absolute atomic E-state index is 0.00847. The zero-order chi connectivity index (χ0) is 24.5. The van der Waals surface area contributed by atoms with E-state index >= 15 is 0 Å². The van der Waals surface area contributed by atoms with Gasteiger partial charge in [-0.25, -0.2) is 0 Å². The molecule has 1 heterocycles. The molecule has 9 heteroatoms. The summed E-state index contributed by atoms with van der Waals surface area (Å²) in [4.78, 5) is 38.5. The lowest BCUT2D eigenvalue weighted by Crippen LogP contribution is -2.30. The maximum atomic E-state index is 12.7. The molecule has 2 amide bonds. The molecule has 0 bridgehead atoms. The van der Waals surface area contributed by atoms with Crippen LogP contribution in [0.25, 0.3) is 11.5 Å². The smallest absolute Gasteiger partial charge is 0.277 e. The van der Waals surface area contributed by atoms with Gasteiger partial charge in [-0.2, -0.15) is 5.26 Å². The summed E-state index contributed by atoms with van der Waals surface area (Å²) in [6.07, 6.45) is 1.51. The van der Waals surface area contributed by atoms with Crippen molar-refractivity contribution >= 4 is 46.0 Å². The second kappa shape index (κ2) is 11.7. The highest BCUT2D eigenvalue weighted by atomic mass is 32.1. The van der Waals surface area contributed by atoms with Gasteiger partial charge in [0.2, 0.25) is 5.91 Å². The summed E-state index contributed by atoms with van der Waals surface area (Å²) < 4.78 is 2.12. The van der Waals surface area contributed by atoms with Gasteiger partial charge in [0, 0.05) is 43.6 Å². The Labute approximate surface area is 196 Å². The third-order valence-electron chi connectivity index (χ3n) is 4.61. The highest BCUT2D eigenvalue weighted by Crippen LogP contribution is 2.19. The average Bonchev–Trinajstić information content (AvgIpc) is 3.10.